The van der Waals surface area contributed by atoms with E-state index in [1.54, 1.807) is 0 Å². The minimum absolute atomic E-state index is 0.727. The van der Waals surface area contributed by atoms with Crippen molar-refractivity contribution in [1.29, 1.82) is 0 Å². The molecule has 0 aliphatic heterocycles. The van der Waals surface area contributed by atoms with Crippen LogP contribution in [0.4, 0.5) is 0 Å². The Morgan fingerprint density at radius 1 is 0.600 bits per heavy atom. The first-order chi connectivity index (χ1) is 9.88. The van der Waals surface area contributed by atoms with Crippen LogP contribution in [-0.2, 0) is 9.47 Å². The van der Waals surface area contributed by atoms with Gasteiger partial charge in [-0.05, 0) is 36.1 Å². The first-order valence-corrected chi connectivity index (χ1v) is 7.22. The third-order valence-electron chi connectivity index (χ3n) is 3.21. The van der Waals surface area contributed by atoms with Crippen LogP contribution >= 0.6 is 0 Å². The first kappa shape index (κ1) is 14.8. The van der Waals surface area contributed by atoms with E-state index in [0.717, 1.165) is 26.4 Å². The zero-order valence-electron chi connectivity index (χ0n) is 12.3. The van der Waals surface area contributed by atoms with E-state index >= 15 is 0 Å². The maximum atomic E-state index is 5.01. The van der Waals surface area contributed by atoms with Crippen molar-refractivity contribution in [3.05, 3.63) is 48.5 Å². The molecule has 0 N–H and O–H groups in total. The SMILES string of the molecule is CCOCCOCC.c1ccc2c(c1)-c1ccccc1-2. The second-order valence-electron chi connectivity index (χ2n) is 4.49. The van der Waals surface area contributed by atoms with Crippen molar-refractivity contribution < 1.29 is 9.47 Å². The fraction of sp³-hybridized carbons (Fsp3) is 0.333. The standard InChI is InChI=1S/C12H8.C6H14O2/c1-2-6-10-9(5-1)11-7-3-4-8-12(10)11;1-3-7-5-6-8-4-2/h1-8H;3-6H2,1-2H3. The van der Waals surface area contributed by atoms with Crippen molar-refractivity contribution >= 4 is 0 Å². The van der Waals surface area contributed by atoms with Gasteiger partial charge in [0.1, 0.15) is 0 Å². The summed E-state index contributed by atoms with van der Waals surface area (Å²) >= 11 is 0. The molecule has 1 aliphatic rings. The van der Waals surface area contributed by atoms with Gasteiger partial charge in [-0.25, -0.2) is 0 Å². The van der Waals surface area contributed by atoms with Crippen LogP contribution in [0.25, 0.3) is 22.3 Å². The Labute approximate surface area is 121 Å². The van der Waals surface area contributed by atoms with Crippen LogP contribution in [0.1, 0.15) is 13.8 Å². The van der Waals surface area contributed by atoms with E-state index in [1.807, 2.05) is 13.8 Å². The first-order valence-electron chi connectivity index (χ1n) is 7.22. The second-order valence-corrected chi connectivity index (χ2v) is 4.49. The molecule has 0 fully saturated rings. The Morgan fingerprint density at radius 3 is 1.15 bits per heavy atom. The van der Waals surface area contributed by atoms with E-state index in [1.165, 1.54) is 22.3 Å². The van der Waals surface area contributed by atoms with Gasteiger partial charge in [0.25, 0.3) is 0 Å². The Kier molecular flexibility index (Phi) is 5.78. The molecule has 0 saturated carbocycles. The highest BCUT2D eigenvalue weighted by Gasteiger charge is 2.19. The fourth-order valence-corrected chi connectivity index (χ4v) is 2.25. The van der Waals surface area contributed by atoms with Crippen LogP contribution < -0.4 is 0 Å². The Morgan fingerprint density at radius 2 is 0.900 bits per heavy atom. The van der Waals surface area contributed by atoms with E-state index in [4.69, 9.17) is 9.47 Å². The molecule has 1 aliphatic carbocycles. The van der Waals surface area contributed by atoms with Crippen LogP contribution in [0, 0.1) is 0 Å². The predicted octanol–water partition coefficient (Wildman–Crippen LogP) is 4.39. The van der Waals surface area contributed by atoms with Gasteiger partial charge in [-0.15, -0.1) is 0 Å². The molecule has 0 heterocycles. The number of ether oxygens (including phenoxy) is 2. The lowest BCUT2D eigenvalue weighted by Crippen LogP contribution is -2.02. The molecule has 106 valence electrons. The highest BCUT2D eigenvalue weighted by Crippen LogP contribution is 2.46. The van der Waals surface area contributed by atoms with Gasteiger partial charge in [-0.1, -0.05) is 48.5 Å². The minimum Gasteiger partial charge on any atom is -0.379 e. The van der Waals surface area contributed by atoms with Crippen molar-refractivity contribution in [2.75, 3.05) is 26.4 Å². The van der Waals surface area contributed by atoms with Gasteiger partial charge >= 0.3 is 0 Å². The molecule has 0 aromatic heterocycles. The van der Waals surface area contributed by atoms with Crippen molar-refractivity contribution in [2.24, 2.45) is 0 Å². The average molecular weight is 270 g/mol. The summed E-state index contributed by atoms with van der Waals surface area (Å²) < 4.78 is 10.0. The van der Waals surface area contributed by atoms with E-state index < -0.39 is 0 Å². The smallest absolute Gasteiger partial charge is 0.0700 e. The van der Waals surface area contributed by atoms with Crippen LogP contribution in [0.5, 0.6) is 0 Å². The quantitative estimate of drug-likeness (QED) is 0.640. The minimum atomic E-state index is 0.727. The number of benzene rings is 2. The van der Waals surface area contributed by atoms with Gasteiger partial charge in [0.15, 0.2) is 0 Å². The Balaban J connectivity index is 0.000000163. The molecule has 2 heteroatoms. The van der Waals surface area contributed by atoms with E-state index in [0.29, 0.717) is 0 Å². The van der Waals surface area contributed by atoms with Crippen molar-refractivity contribution in [1.82, 2.24) is 0 Å². The highest BCUT2D eigenvalue weighted by atomic mass is 16.5. The highest BCUT2D eigenvalue weighted by molar-refractivity contribution is 6.02. The molecular weight excluding hydrogens is 248 g/mol. The number of hydrogen-bond acceptors (Lipinski definition) is 2. The third kappa shape index (κ3) is 3.47. The van der Waals surface area contributed by atoms with Crippen LogP contribution in [0.3, 0.4) is 0 Å². The summed E-state index contributed by atoms with van der Waals surface area (Å²) in [5.74, 6) is 0. The van der Waals surface area contributed by atoms with Crippen molar-refractivity contribution in [3.8, 4) is 22.3 Å². The normalized spacial score (nSPS) is 10.7. The van der Waals surface area contributed by atoms with E-state index in [2.05, 4.69) is 48.5 Å². The van der Waals surface area contributed by atoms with Gasteiger partial charge in [0.2, 0.25) is 0 Å². The lowest BCUT2D eigenvalue weighted by atomic mass is 9.81. The van der Waals surface area contributed by atoms with Crippen LogP contribution in [0.15, 0.2) is 48.5 Å². The summed E-state index contributed by atoms with van der Waals surface area (Å²) in [6, 6.07) is 17.1. The number of hydrogen-bond donors (Lipinski definition) is 0. The maximum absolute atomic E-state index is 5.01. The third-order valence-corrected chi connectivity index (χ3v) is 3.21. The zero-order valence-corrected chi connectivity index (χ0v) is 12.3. The number of rotatable bonds is 5. The molecule has 2 aromatic carbocycles. The molecule has 0 amide bonds. The molecule has 2 nitrogen and oxygen atoms in total. The molecular formula is C18H22O2. The van der Waals surface area contributed by atoms with Crippen LogP contribution in [-0.4, -0.2) is 26.4 Å². The molecule has 2 aromatic rings. The molecule has 0 saturated heterocycles. The van der Waals surface area contributed by atoms with E-state index in [9.17, 15) is 0 Å². The fourth-order valence-electron chi connectivity index (χ4n) is 2.25. The lowest BCUT2D eigenvalue weighted by molar-refractivity contribution is 0.0584. The van der Waals surface area contributed by atoms with E-state index in [-0.39, 0.29) is 0 Å². The van der Waals surface area contributed by atoms with Crippen LogP contribution in [0.2, 0.25) is 0 Å². The molecule has 0 radical (unpaired) electrons. The zero-order chi connectivity index (χ0) is 14.2. The monoisotopic (exact) mass is 270 g/mol. The summed E-state index contributed by atoms with van der Waals surface area (Å²) in [7, 11) is 0. The van der Waals surface area contributed by atoms with Gasteiger partial charge in [-0.2, -0.15) is 0 Å². The molecule has 20 heavy (non-hydrogen) atoms. The summed E-state index contributed by atoms with van der Waals surface area (Å²) in [5, 5.41) is 0. The van der Waals surface area contributed by atoms with Gasteiger partial charge < -0.3 is 9.47 Å². The largest absolute Gasteiger partial charge is 0.379 e. The van der Waals surface area contributed by atoms with Crippen molar-refractivity contribution in [3.63, 3.8) is 0 Å². The topological polar surface area (TPSA) is 18.5 Å². The summed E-state index contributed by atoms with van der Waals surface area (Å²) in [6.45, 7) is 6.98. The molecule has 0 unspecified atom stereocenters. The Bertz CT molecular complexity index is 428. The van der Waals surface area contributed by atoms with Crippen molar-refractivity contribution in [2.45, 2.75) is 13.8 Å². The summed E-state index contributed by atoms with van der Waals surface area (Å²) in [4.78, 5) is 0. The maximum Gasteiger partial charge on any atom is 0.0700 e. The lowest BCUT2D eigenvalue weighted by Gasteiger charge is -2.22. The second kappa shape index (κ2) is 7.83. The molecule has 0 spiro atoms. The molecule has 0 bridgehead atoms. The predicted molar refractivity (Wildman–Crippen MR) is 83.9 cm³/mol. The average Bonchev–Trinajstić information content (AvgIpc) is 2.50. The van der Waals surface area contributed by atoms with Gasteiger partial charge in [0.05, 0.1) is 13.2 Å². The number of fused-ring (bicyclic) bond motifs is 4. The molecule has 3 rings (SSSR count). The Hall–Kier alpha value is -1.64. The van der Waals surface area contributed by atoms with Gasteiger partial charge in [-0.3, -0.25) is 0 Å². The summed E-state index contributed by atoms with van der Waals surface area (Å²) in [6.07, 6.45) is 0. The summed E-state index contributed by atoms with van der Waals surface area (Å²) in [5.41, 5.74) is 5.59. The van der Waals surface area contributed by atoms with Gasteiger partial charge in [0, 0.05) is 13.2 Å². The molecule has 0 atom stereocenters.